The van der Waals surface area contributed by atoms with Gasteiger partial charge in [-0.15, -0.1) is 0 Å². The number of carbonyl (C=O) groups is 2. The number of pyridine rings is 1. The summed E-state index contributed by atoms with van der Waals surface area (Å²) in [7, 11) is 0. The maximum Gasteiger partial charge on any atom is 0.290 e. The second kappa shape index (κ2) is 7.40. The molecule has 1 aliphatic heterocycles. The smallest absolute Gasteiger partial charge is 0.290 e. The highest BCUT2D eigenvalue weighted by atomic mass is 35.5. The van der Waals surface area contributed by atoms with Crippen molar-refractivity contribution in [3.8, 4) is 0 Å². The Morgan fingerprint density at radius 3 is 2.59 bits per heavy atom. The number of halogens is 1. The van der Waals surface area contributed by atoms with Crippen LogP contribution in [0.1, 0.15) is 39.5 Å². The summed E-state index contributed by atoms with van der Waals surface area (Å²) in [6, 6.07) is 12.8. The lowest BCUT2D eigenvalue weighted by Crippen LogP contribution is -2.29. The van der Waals surface area contributed by atoms with E-state index in [0.29, 0.717) is 17.1 Å². The molecule has 0 unspecified atom stereocenters. The number of imidazole rings is 1. The number of aromatic nitrogens is 2. The molecular weight excluding hydrogens is 364 g/mol. The average Bonchev–Trinajstić information content (AvgIpc) is 3.35. The Hall–Kier alpha value is -2.86. The van der Waals surface area contributed by atoms with Crippen molar-refractivity contribution in [3.05, 3.63) is 70.8 Å². The van der Waals surface area contributed by atoms with Gasteiger partial charge < -0.3 is 10.2 Å². The van der Waals surface area contributed by atoms with Gasteiger partial charge in [0.15, 0.2) is 5.69 Å². The SMILES string of the molecule is O=C(NCc1ccccc1Cl)c1nc(C(=O)N2CCCC2)n2ccccc12. The third-order valence-corrected chi connectivity index (χ3v) is 5.11. The van der Waals surface area contributed by atoms with Crippen LogP contribution >= 0.6 is 11.6 Å². The molecule has 0 atom stereocenters. The number of amides is 2. The average molecular weight is 383 g/mol. The van der Waals surface area contributed by atoms with E-state index in [1.807, 2.05) is 30.3 Å². The fourth-order valence-corrected chi connectivity index (χ4v) is 3.52. The number of hydrogen-bond acceptors (Lipinski definition) is 3. The van der Waals surface area contributed by atoms with E-state index >= 15 is 0 Å². The highest BCUT2D eigenvalue weighted by Crippen LogP contribution is 2.18. The second-order valence-electron chi connectivity index (χ2n) is 6.51. The van der Waals surface area contributed by atoms with Crippen LogP contribution in [0.2, 0.25) is 5.02 Å². The quantitative estimate of drug-likeness (QED) is 0.753. The topological polar surface area (TPSA) is 66.7 Å². The standard InChI is InChI=1S/C20H19ClN4O2/c21-15-8-2-1-7-14(15)13-22-19(26)17-16-9-3-4-12-25(16)18(23-17)20(27)24-10-5-6-11-24/h1-4,7-9,12H,5-6,10-11,13H2,(H,22,26). The van der Waals surface area contributed by atoms with Crippen molar-refractivity contribution in [2.24, 2.45) is 0 Å². The molecule has 0 bridgehead atoms. The summed E-state index contributed by atoms with van der Waals surface area (Å²) in [5, 5.41) is 3.44. The maximum absolute atomic E-state index is 12.8. The van der Waals surface area contributed by atoms with Gasteiger partial charge in [0.05, 0.1) is 5.52 Å². The summed E-state index contributed by atoms with van der Waals surface area (Å²) in [4.78, 5) is 31.7. The van der Waals surface area contributed by atoms with Gasteiger partial charge in [-0.1, -0.05) is 35.9 Å². The van der Waals surface area contributed by atoms with Gasteiger partial charge in [0.2, 0.25) is 5.82 Å². The Balaban J connectivity index is 1.62. The number of fused-ring (bicyclic) bond motifs is 1. The molecule has 1 aromatic carbocycles. The molecule has 2 aromatic heterocycles. The summed E-state index contributed by atoms with van der Waals surface area (Å²) >= 11 is 6.15. The lowest BCUT2D eigenvalue weighted by Gasteiger charge is -2.13. The first-order valence-corrected chi connectivity index (χ1v) is 9.31. The molecule has 27 heavy (non-hydrogen) atoms. The number of benzene rings is 1. The number of likely N-dealkylation sites (tertiary alicyclic amines) is 1. The van der Waals surface area contributed by atoms with Crippen LogP contribution in [0.4, 0.5) is 0 Å². The van der Waals surface area contributed by atoms with E-state index in [1.54, 1.807) is 27.6 Å². The Morgan fingerprint density at radius 2 is 1.81 bits per heavy atom. The number of hydrogen-bond donors (Lipinski definition) is 1. The largest absolute Gasteiger partial charge is 0.346 e. The first kappa shape index (κ1) is 17.5. The van der Waals surface area contributed by atoms with Crippen molar-refractivity contribution >= 4 is 28.9 Å². The van der Waals surface area contributed by atoms with Crippen molar-refractivity contribution in [2.45, 2.75) is 19.4 Å². The molecule has 138 valence electrons. The maximum atomic E-state index is 12.8. The third kappa shape index (κ3) is 3.40. The van der Waals surface area contributed by atoms with E-state index in [2.05, 4.69) is 10.3 Å². The van der Waals surface area contributed by atoms with Gasteiger partial charge in [0.1, 0.15) is 0 Å². The van der Waals surface area contributed by atoms with Gasteiger partial charge in [-0.25, -0.2) is 4.98 Å². The lowest BCUT2D eigenvalue weighted by atomic mass is 10.2. The van der Waals surface area contributed by atoms with Gasteiger partial charge >= 0.3 is 0 Å². The minimum Gasteiger partial charge on any atom is -0.346 e. The first-order chi connectivity index (χ1) is 13.1. The number of nitrogens with zero attached hydrogens (tertiary/aromatic N) is 3. The molecule has 3 aromatic rings. The van der Waals surface area contributed by atoms with Gasteiger partial charge in [-0.2, -0.15) is 0 Å². The third-order valence-electron chi connectivity index (χ3n) is 4.75. The minimum absolute atomic E-state index is 0.140. The summed E-state index contributed by atoms with van der Waals surface area (Å²) < 4.78 is 1.69. The van der Waals surface area contributed by atoms with Crippen LogP contribution in [0.3, 0.4) is 0 Å². The van der Waals surface area contributed by atoms with Crippen molar-refractivity contribution in [2.75, 3.05) is 13.1 Å². The molecule has 4 rings (SSSR count). The summed E-state index contributed by atoms with van der Waals surface area (Å²) in [6.45, 7) is 1.75. The molecule has 0 saturated carbocycles. The summed E-state index contributed by atoms with van der Waals surface area (Å²) in [6.07, 6.45) is 3.76. The Kier molecular flexibility index (Phi) is 4.81. The molecule has 0 aliphatic carbocycles. The molecule has 1 aliphatic rings. The molecule has 1 saturated heterocycles. The molecule has 1 N–H and O–H groups in total. The Labute approximate surface area is 161 Å². The molecule has 0 radical (unpaired) electrons. The normalized spacial score (nSPS) is 13.9. The number of nitrogens with one attached hydrogen (secondary N) is 1. The van der Waals surface area contributed by atoms with Crippen LogP contribution in [0.5, 0.6) is 0 Å². The van der Waals surface area contributed by atoms with Crippen LogP contribution in [0.25, 0.3) is 5.52 Å². The van der Waals surface area contributed by atoms with E-state index in [1.165, 1.54) is 0 Å². The molecule has 3 heterocycles. The highest BCUT2D eigenvalue weighted by Gasteiger charge is 2.26. The van der Waals surface area contributed by atoms with Crippen molar-refractivity contribution in [1.82, 2.24) is 19.6 Å². The number of carbonyl (C=O) groups excluding carboxylic acids is 2. The Bertz CT molecular complexity index is 1010. The van der Waals surface area contributed by atoms with E-state index in [9.17, 15) is 9.59 Å². The van der Waals surface area contributed by atoms with Crippen LogP contribution in [0.15, 0.2) is 48.7 Å². The molecular formula is C20H19ClN4O2. The van der Waals surface area contributed by atoms with Crippen molar-refractivity contribution < 1.29 is 9.59 Å². The molecule has 7 heteroatoms. The fourth-order valence-electron chi connectivity index (χ4n) is 3.32. The van der Waals surface area contributed by atoms with Gasteiger partial charge in [-0.3, -0.25) is 14.0 Å². The van der Waals surface area contributed by atoms with E-state index in [0.717, 1.165) is 31.5 Å². The van der Waals surface area contributed by atoms with E-state index in [-0.39, 0.29) is 23.3 Å². The molecule has 2 amide bonds. The van der Waals surface area contributed by atoms with Gasteiger partial charge in [-0.05, 0) is 36.6 Å². The van der Waals surface area contributed by atoms with Crippen LogP contribution < -0.4 is 5.32 Å². The zero-order chi connectivity index (χ0) is 18.8. The molecule has 6 nitrogen and oxygen atoms in total. The summed E-state index contributed by atoms with van der Waals surface area (Å²) in [5.41, 5.74) is 1.67. The van der Waals surface area contributed by atoms with Crippen LogP contribution in [0, 0.1) is 0 Å². The van der Waals surface area contributed by atoms with Gasteiger partial charge in [0.25, 0.3) is 11.8 Å². The predicted octanol–water partition coefficient (Wildman–Crippen LogP) is 3.15. The highest BCUT2D eigenvalue weighted by molar-refractivity contribution is 6.31. The zero-order valence-corrected chi connectivity index (χ0v) is 15.4. The second-order valence-corrected chi connectivity index (χ2v) is 6.92. The monoisotopic (exact) mass is 382 g/mol. The Morgan fingerprint density at radius 1 is 1.07 bits per heavy atom. The van der Waals surface area contributed by atoms with Crippen LogP contribution in [-0.2, 0) is 6.54 Å². The van der Waals surface area contributed by atoms with E-state index in [4.69, 9.17) is 11.6 Å². The van der Waals surface area contributed by atoms with Crippen LogP contribution in [-0.4, -0.2) is 39.2 Å². The predicted molar refractivity (Wildman–Crippen MR) is 103 cm³/mol. The summed E-state index contributed by atoms with van der Waals surface area (Å²) in [5.74, 6) is -0.201. The minimum atomic E-state index is -0.334. The first-order valence-electron chi connectivity index (χ1n) is 8.93. The van der Waals surface area contributed by atoms with Gasteiger partial charge in [0, 0.05) is 30.9 Å². The molecule has 1 fully saturated rings. The van der Waals surface area contributed by atoms with E-state index < -0.39 is 0 Å². The zero-order valence-electron chi connectivity index (χ0n) is 14.7. The molecule has 0 spiro atoms. The van der Waals surface area contributed by atoms with Crippen molar-refractivity contribution in [3.63, 3.8) is 0 Å². The number of rotatable bonds is 4. The lowest BCUT2D eigenvalue weighted by molar-refractivity contribution is 0.0780. The fraction of sp³-hybridized carbons (Fsp3) is 0.250. The van der Waals surface area contributed by atoms with Crippen molar-refractivity contribution in [1.29, 1.82) is 0 Å².